The van der Waals surface area contributed by atoms with Crippen LogP contribution in [0.2, 0.25) is 5.02 Å². The van der Waals surface area contributed by atoms with Gasteiger partial charge in [-0.3, -0.25) is 4.79 Å². The van der Waals surface area contributed by atoms with Crippen LogP contribution >= 0.6 is 11.6 Å². The number of halogens is 1. The van der Waals surface area contributed by atoms with Gasteiger partial charge in [0.05, 0.1) is 6.04 Å². The molecule has 1 aromatic carbocycles. The number of anilines is 1. The summed E-state index contributed by atoms with van der Waals surface area (Å²) in [7, 11) is 0. The average molecular weight is 346 g/mol. The summed E-state index contributed by atoms with van der Waals surface area (Å²) in [6.07, 6.45) is 2.26. The van der Waals surface area contributed by atoms with E-state index >= 15 is 0 Å². The van der Waals surface area contributed by atoms with E-state index in [-0.39, 0.29) is 11.9 Å². The Morgan fingerprint density at radius 1 is 1.29 bits per heavy atom. The minimum Gasteiger partial charge on any atom is -0.369 e. The highest BCUT2D eigenvalue weighted by Crippen LogP contribution is 2.40. The predicted octanol–water partition coefficient (Wildman–Crippen LogP) is 3.46. The minimum absolute atomic E-state index is 0.0919. The number of benzene rings is 1. The first-order chi connectivity index (χ1) is 11.6. The number of hydrogen-bond acceptors (Lipinski definition) is 4. The summed E-state index contributed by atoms with van der Waals surface area (Å²) in [5.74, 6) is 1.51. The van der Waals surface area contributed by atoms with Crippen molar-refractivity contribution < 1.29 is 9.32 Å². The maximum atomic E-state index is 12.4. The van der Waals surface area contributed by atoms with E-state index in [2.05, 4.69) is 22.3 Å². The zero-order valence-corrected chi connectivity index (χ0v) is 14.3. The van der Waals surface area contributed by atoms with Crippen molar-refractivity contribution in [2.75, 3.05) is 18.0 Å². The van der Waals surface area contributed by atoms with E-state index in [0.29, 0.717) is 17.5 Å². The normalized spacial score (nSPS) is 23.5. The van der Waals surface area contributed by atoms with E-state index < -0.39 is 0 Å². The molecule has 0 spiro atoms. The molecule has 1 aromatic heterocycles. The van der Waals surface area contributed by atoms with Crippen LogP contribution in [0.5, 0.6) is 0 Å². The maximum Gasteiger partial charge on any atom is 0.273 e. The standard InChI is InChI=1S/C18H20ClN3O2/c1-11-9-22(14-6-4-13(19)5-7-14)10-16(11)20-18(23)15-8-17(24-21-15)12-2-3-12/h4-8,11-12,16H,2-3,9-10H2,1H3,(H,20,23). The fraction of sp³-hybridized carbons (Fsp3) is 0.444. The highest BCUT2D eigenvalue weighted by molar-refractivity contribution is 6.30. The van der Waals surface area contributed by atoms with Gasteiger partial charge in [0.15, 0.2) is 5.69 Å². The second-order valence-electron chi connectivity index (χ2n) is 6.83. The average Bonchev–Trinajstić information content (AvgIpc) is 3.19. The Balaban J connectivity index is 1.40. The van der Waals surface area contributed by atoms with Gasteiger partial charge in [0.2, 0.25) is 0 Å². The van der Waals surface area contributed by atoms with Gasteiger partial charge in [0.25, 0.3) is 5.91 Å². The van der Waals surface area contributed by atoms with Crippen molar-refractivity contribution in [1.82, 2.24) is 10.5 Å². The molecule has 1 saturated heterocycles. The third-order valence-electron chi connectivity index (χ3n) is 4.86. The molecule has 1 aliphatic heterocycles. The summed E-state index contributed by atoms with van der Waals surface area (Å²) >= 11 is 5.95. The molecular weight excluding hydrogens is 326 g/mol. The number of nitrogens with one attached hydrogen (secondary N) is 1. The van der Waals surface area contributed by atoms with Crippen molar-refractivity contribution >= 4 is 23.2 Å². The van der Waals surface area contributed by atoms with E-state index in [1.807, 2.05) is 24.3 Å². The fourth-order valence-electron chi connectivity index (χ4n) is 3.22. The molecule has 1 saturated carbocycles. The van der Waals surface area contributed by atoms with E-state index in [1.165, 1.54) is 0 Å². The highest BCUT2D eigenvalue weighted by atomic mass is 35.5. The van der Waals surface area contributed by atoms with Crippen LogP contribution in [0.4, 0.5) is 5.69 Å². The first kappa shape index (κ1) is 15.5. The number of hydrogen-bond donors (Lipinski definition) is 1. The van der Waals surface area contributed by atoms with Gasteiger partial charge in [-0.2, -0.15) is 0 Å². The molecule has 0 bridgehead atoms. The van der Waals surface area contributed by atoms with Gasteiger partial charge in [-0.15, -0.1) is 0 Å². The van der Waals surface area contributed by atoms with Crippen molar-refractivity contribution in [2.24, 2.45) is 5.92 Å². The van der Waals surface area contributed by atoms with Gasteiger partial charge in [-0.25, -0.2) is 0 Å². The van der Waals surface area contributed by atoms with Gasteiger partial charge in [-0.1, -0.05) is 23.7 Å². The second-order valence-corrected chi connectivity index (χ2v) is 7.26. The topological polar surface area (TPSA) is 58.4 Å². The number of carbonyl (C=O) groups is 1. The molecule has 4 rings (SSSR count). The molecule has 1 N–H and O–H groups in total. The number of nitrogens with zero attached hydrogens (tertiary/aromatic N) is 2. The molecule has 2 unspecified atom stereocenters. The van der Waals surface area contributed by atoms with Gasteiger partial charge < -0.3 is 14.7 Å². The first-order valence-electron chi connectivity index (χ1n) is 8.38. The Morgan fingerprint density at radius 3 is 2.75 bits per heavy atom. The van der Waals surface area contributed by atoms with E-state index in [9.17, 15) is 4.79 Å². The number of rotatable bonds is 4. The van der Waals surface area contributed by atoms with Gasteiger partial charge in [-0.05, 0) is 43.0 Å². The van der Waals surface area contributed by atoms with Crippen LogP contribution in [0, 0.1) is 5.92 Å². The lowest BCUT2D eigenvalue weighted by atomic mass is 10.1. The summed E-state index contributed by atoms with van der Waals surface area (Å²) in [4.78, 5) is 14.7. The van der Waals surface area contributed by atoms with Crippen molar-refractivity contribution in [3.05, 3.63) is 46.8 Å². The Kier molecular flexibility index (Phi) is 3.96. The van der Waals surface area contributed by atoms with E-state index in [1.54, 1.807) is 6.07 Å². The molecule has 1 aliphatic carbocycles. The summed E-state index contributed by atoms with van der Waals surface area (Å²) in [5, 5.41) is 7.75. The summed E-state index contributed by atoms with van der Waals surface area (Å²) in [6.45, 7) is 3.83. The molecule has 2 fully saturated rings. The van der Waals surface area contributed by atoms with Crippen LogP contribution in [-0.4, -0.2) is 30.2 Å². The molecule has 24 heavy (non-hydrogen) atoms. The molecular formula is C18H20ClN3O2. The number of amides is 1. The summed E-state index contributed by atoms with van der Waals surface area (Å²) in [5.41, 5.74) is 1.51. The summed E-state index contributed by atoms with van der Waals surface area (Å²) in [6, 6.07) is 9.68. The second kappa shape index (κ2) is 6.13. The van der Waals surface area contributed by atoms with Crippen LogP contribution in [0.3, 0.4) is 0 Å². The third-order valence-corrected chi connectivity index (χ3v) is 5.11. The Hall–Kier alpha value is -2.01. The molecule has 0 radical (unpaired) electrons. The van der Waals surface area contributed by atoms with Crippen molar-refractivity contribution in [3.63, 3.8) is 0 Å². The SMILES string of the molecule is CC1CN(c2ccc(Cl)cc2)CC1NC(=O)c1cc(C2CC2)on1. The monoisotopic (exact) mass is 345 g/mol. The molecule has 2 heterocycles. The number of carbonyl (C=O) groups excluding carboxylic acids is 1. The summed E-state index contributed by atoms with van der Waals surface area (Å²) < 4.78 is 5.27. The van der Waals surface area contributed by atoms with Crippen molar-refractivity contribution in [1.29, 1.82) is 0 Å². The van der Waals surface area contributed by atoms with Crippen LogP contribution in [0.25, 0.3) is 0 Å². The third kappa shape index (κ3) is 3.13. The predicted molar refractivity (Wildman–Crippen MR) is 92.6 cm³/mol. The molecule has 6 heteroatoms. The molecule has 2 atom stereocenters. The lowest BCUT2D eigenvalue weighted by Crippen LogP contribution is -2.40. The van der Waals surface area contributed by atoms with Crippen molar-refractivity contribution in [2.45, 2.75) is 31.7 Å². The Morgan fingerprint density at radius 2 is 2.04 bits per heavy atom. The maximum absolute atomic E-state index is 12.4. The first-order valence-corrected chi connectivity index (χ1v) is 8.76. The molecule has 5 nitrogen and oxygen atoms in total. The van der Waals surface area contributed by atoms with E-state index in [4.69, 9.17) is 16.1 Å². The van der Waals surface area contributed by atoms with Gasteiger partial charge >= 0.3 is 0 Å². The van der Waals surface area contributed by atoms with E-state index in [0.717, 1.165) is 42.4 Å². The molecule has 2 aromatic rings. The van der Waals surface area contributed by atoms with Crippen molar-refractivity contribution in [3.8, 4) is 0 Å². The zero-order chi connectivity index (χ0) is 16.7. The quantitative estimate of drug-likeness (QED) is 0.922. The molecule has 126 valence electrons. The van der Waals surface area contributed by atoms with Gasteiger partial charge in [0.1, 0.15) is 5.76 Å². The van der Waals surface area contributed by atoms with Crippen LogP contribution in [0.1, 0.15) is 41.9 Å². The molecule has 2 aliphatic rings. The fourth-order valence-corrected chi connectivity index (χ4v) is 3.34. The lowest BCUT2D eigenvalue weighted by Gasteiger charge is -2.18. The molecule has 1 amide bonds. The zero-order valence-electron chi connectivity index (χ0n) is 13.5. The van der Waals surface area contributed by atoms with Gasteiger partial charge in [0, 0.05) is 35.8 Å². The number of aromatic nitrogens is 1. The Bertz CT molecular complexity index is 739. The van der Waals surface area contributed by atoms with Crippen LogP contribution < -0.4 is 10.2 Å². The highest BCUT2D eigenvalue weighted by Gasteiger charge is 2.33. The minimum atomic E-state index is -0.152. The van der Waals surface area contributed by atoms with Crippen LogP contribution in [0.15, 0.2) is 34.9 Å². The smallest absolute Gasteiger partial charge is 0.273 e. The van der Waals surface area contributed by atoms with Crippen LogP contribution in [-0.2, 0) is 0 Å². The largest absolute Gasteiger partial charge is 0.369 e. The lowest BCUT2D eigenvalue weighted by molar-refractivity contribution is 0.0924. The Labute approximate surface area is 146 Å².